The summed E-state index contributed by atoms with van der Waals surface area (Å²) < 4.78 is 0. The molecule has 0 saturated carbocycles. The van der Waals surface area contributed by atoms with Crippen LogP contribution in [0.25, 0.3) is 10.9 Å². The fraction of sp³-hybridized carbons (Fsp3) is 0.276. The van der Waals surface area contributed by atoms with Crippen molar-refractivity contribution in [2.24, 2.45) is 5.73 Å². The molecule has 4 rings (SSSR count). The number of imidazole rings is 1. The van der Waals surface area contributed by atoms with Gasteiger partial charge in [-0.1, -0.05) is 30.3 Å². The van der Waals surface area contributed by atoms with Crippen molar-refractivity contribution >= 4 is 34.6 Å². The first kappa shape index (κ1) is 29.8. The number of H-pyrrole nitrogens is 2. The predicted octanol–water partition coefficient (Wildman–Crippen LogP) is 0.511. The summed E-state index contributed by atoms with van der Waals surface area (Å²) in [6.45, 7) is 1.49. The van der Waals surface area contributed by atoms with Gasteiger partial charge in [0.25, 0.3) is 0 Å². The van der Waals surface area contributed by atoms with Crippen molar-refractivity contribution < 1.29 is 29.4 Å². The number of fused-ring (bicyclic) bond motifs is 1. The largest absolute Gasteiger partial charge is 0.508 e. The van der Waals surface area contributed by atoms with Crippen LogP contribution in [0.3, 0.4) is 0 Å². The van der Waals surface area contributed by atoms with Crippen LogP contribution in [0.5, 0.6) is 5.75 Å². The van der Waals surface area contributed by atoms with Crippen LogP contribution in [-0.4, -0.2) is 73.0 Å². The van der Waals surface area contributed by atoms with Crippen molar-refractivity contribution in [3.05, 3.63) is 84.1 Å². The first-order valence-corrected chi connectivity index (χ1v) is 13.3. The van der Waals surface area contributed by atoms with Crippen molar-refractivity contribution in [1.82, 2.24) is 30.9 Å². The van der Waals surface area contributed by atoms with Crippen LogP contribution in [0.2, 0.25) is 0 Å². The van der Waals surface area contributed by atoms with E-state index in [0.29, 0.717) is 11.3 Å². The zero-order valence-electron chi connectivity index (χ0n) is 22.8. The average molecular weight is 576 g/mol. The molecule has 2 aromatic carbocycles. The van der Waals surface area contributed by atoms with Crippen molar-refractivity contribution in [3.63, 3.8) is 0 Å². The van der Waals surface area contributed by atoms with Gasteiger partial charge in [0, 0.05) is 48.3 Å². The number of aromatic nitrogens is 3. The van der Waals surface area contributed by atoms with E-state index in [1.807, 2.05) is 24.3 Å². The number of phenolic OH excluding ortho intramolecular Hbond substituents is 1. The van der Waals surface area contributed by atoms with Crippen LogP contribution >= 0.6 is 0 Å². The first-order valence-electron chi connectivity index (χ1n) is 13.3. The Bertz CT molecular complexity index is 1530. The number of carboxylic acids is 1. The molecule has 0 aliphatic carbocycles. The van der Waals surface area contributed by atoms with Crippen LogP contribution in [0.1, 0.15) is 23.7 Å². The van der Waals surface area contributed by atoms with Crippen molar-refractivity contribution in [1.29, 1.82) is 0 Å². The maximum Gasteiger partial charge on any atom is 0.326 e. The Morgan fingerprint density at radius 2 is 1.50 bits per heavy atom. The van der Waals surface area contributed by atoms with E-state index in [9.17, 15) is 29.4 Å². The Morgan fingerprint density at radius 1 is 0.857 bits per heavy atom. The number of hydrogen-bond acceptors (Lipinski definition) is 7. The highest BCUT2D eigenvalue weighted by atomic mass is 16.4. The third-order valence-electron chi connectivity index (χ3n) is 6.75. The number of carbonyl (C=O) groups is 4. The molecular formula is C29H33N7O6. The van der Waals surface area contributed by atoms with Crippen LogP contribution in [0.15, 0.2) is 67.3 Å². The molecule has 0 aliphatic rings. The summed E-state index contributed by atoms with van der Waals surface area (Å²) in [6.07, 6.45) is 4.67. The van der Waals surface area contributed by atoms with Crippen molar-refractivity contribution in [3.8, 4) is 5.75 Å². The van der Waals surface area contributed by atoms with Gasteiger partial charge in [0.05, 0.1) is 12.4 Å². The number of nitrogens with two attached hydrogens (primary N) is 1. The molecule has 4 atom stereocenters. The number of aromatic amines is 2. The summed E-state index contributed by atoms with van der Waals surface area (Å²) in [4.78, 5) is 61.6. The second-order valence-corrected chi connectivity index (χ2v) is 10.0. The van der Waals surface area contributed by atoms with Crippen molar-refractivity contribution in [2.45, 2.75) is 50.4 Å². The molecule has 0 aliphatic heterocycles. The number of amides is 3. The minimum absolute atomic E-state index is 0.0234. The quantitative estimate of drug-likeness (QED) is 0.112. The zero-order valence-corrected chi connectivity index (χ0v) is 22.8. The van der Waals surface area contributed by atoms with E-state index in [-0.39, 0.29) is 25.0 Å². The van der Waals surface area contributed by atoms with Crippen LogP contribution in [0, 0.1) is 0 Å². The van der Waals surface area contributed by atoms with Gasteiger partial charge in [-0.05, 0) is 36.2 Å². The van der Waals surface area contributed by atoms with Gasteiger partial charge in [-0.15, -0.1) is 0 Å². The lowest BCUT2D eigenvalue weighted by Crippen LogP contribution is -2.58. The number of aromatic hydroxyl groups is 1. The minimum atomic E-state index is -1.32. The fourth-order valence-electron chi connectivity index (χ4n) is 4.47. The summed E-state index contributed by atoms with van der Waals surface area (Å²) in [6, 6.07) is 8.94. The molecule has 3 amide bonds. The molecule has 0 spiro atoms. The second kappa shape index (κ2) is 13.5. The van der Waals surface area contributed by atoms with Gasteiger partial charge >= 0.3 is 5.97 Å². The number of aliphatic carboxylic acids is 1. The third-order valence-corrected chi connectivity index (χ3v) is 6.75. The number of para-hydroxylation sites is 1. The van der Waals surface area contributed by atoms with Crippen molar-refractivity contribution in [2.75, 3.05) is 0 Å². The number of rotatable bonds is 13. The summed E-state index contributed by atoms with van der Waals surface area (Å²) in [5, 5.41) is 28.0. The SMILES string of the molecule is CC(N)C(=O)NC(Cc1c[nH]c2ccccc12)C(=O)NC(Cc1cnc[nH]1)C(=O)NC(Cc1ccc(O)cc1)C(=O)O. The number of carboxylic acid groups (broad SMARTS) is 1. The Labute approximate surface area is 240 Å². The van der Waals surface area contributed by atoms with Crippen LogP contribution < -0.4 is 21.7 Å². The van der Waals surface area contributed by atoms with Gasteiger partial charge < -0.3 is 41.9 Å². The van der Waals surface area contributed by atoms with E-state index in [0.717, 1.165) is 16.5 Å². The molecule has 0 fully saturated rings. The number of phenols is 1. The molecule has 13 nitrogen and oxygen atoms in total. The fourth-order valence-corrected chi connectivity index (χ4v) is 4.47. The lowest BCUT2D eigenvalue weighted by Gasteiger charge is -2.25. The van der Waals surface area contributed by atoms with Gasteiger partial charge in [0.2, 0.25) is 17.7 Å². The zero-order chi connectivity index (χ0) is 30.2. The van der Waals surface area contributed by atoms with Crippen LogP contribution in [0.4, 0.5) is 0 Å². The topological polar surface area (TPSA) is 215 Å². The van der Waals surface area contributed by atoms with Gasteiger partial charge in [0.1, 0.15) is 23.9 Å². The van der Waals surface area contributed by atoms with E-state index < -0.39 is 47.9 Å². The first-order chi connectivity index (χ1) is 20.1. The molecule has 220 valence electrons. The van der Waals surface area contributed by atoms with E-state index in [1.54, 1.807) is 18.3 Å². The number of benzene rings is 2. The highest BCUT2D eigenvalue weighted by molar-refractivity contribution is 5.95. The molecular weight excluding hydrogens is 542 g/mol. The highest BCUT2D eigenvalue weighted by Crippen LogP contribution is 2.19. The maximum atomic E-state index is 13.6. The molecule has 4 unspecified atom stereocenters. The molecule has 2 aromatic heterocycles. The number of carbonyl (C=O) groups excluding carboxylic acids is 3. The van der Waals surface area contributed by atoms with E-state index in [1.165, 1.54) is 31.6 Å². The number of nitrogens with zero attached hydrogens (tertiary/aromatic N) is 1. The molecule has 4 aromatic rings. The van der Waals surface area contributed by atoms with Gasteiger partial charge in [-0.25, -0.2) is 9.78 Å². The second-order valence-electron chi connectivity index (χ2n) is 10.0. The van der Waals surface area contributed by atoms with Gasteiger partial charge in [-0.2, -0.15) is 0 Å². The monoisotopic (exact) mass is 575 g/mol. The highest BCUT2D eigenvalue weighted by Gasteiger charge is 2.31. The molecule has 0 bridgehead atoms. The Kier molecular flexibility index (Phi) is 9.55. The van der Waals surface area contributed by atoms with Crippen LogP contribution in [-0.2, 0) is 38.4 Å². The summed E-state index contributed by atoms with van der Waals surface area (Å²) in [5.74, 6) is -3.20. The van der Waals surface area contributed by atoms with Gasteiger partial charge in [-0.3, -0.25) is 14.4 Å². The predicted molar refractivity (Wildman–Crippen MR) is 153 cm³/mol. The maximum absolute atomic E-state index is 13.6. The third kappa shape index (κ3) is 7.73. The normalized spacial score (nSPS) is 14.0. The molecule has 42 heavy (non-hydrogen) atoms. The number of nitrogens with one attached hydrogen (secondary N) is 5. The summed E-state index contributed by atoms with van der Waals surface area (Å²) in [5.41, 5.74) is 8.47. The molecule has 0 saturated heterocycles. The number of hydrogen-bond donors (Lipinski definition) is 8. The molecule has 2 heterocycles. The Hall–Kier alpha value is -5.17. The van der Waals surface area contributed by atoms with E-state index in [4.69, 9.17) is 5.73 Å². The minimum Gasteiger partial charge on any atom is -0.508 e. The summed E-state index contributed by atoms with van der Waals surface area (Å²) in [7, 11) is 0. The standard InChI is InChI=1S/C29H33N7O6/c1-16(30)26(38)34-23(11-18-13-32-22-5-3-2-4-21(18)22)27(39)35-24(12-19-14-31-15-33-19)28(40)36-25(29(41)42)10-17-6-8-20(37)9-7-17/h2-9,13-16,23-25,32,37H,10-12,30H2,1H3,(H,31,33)(H,34,38)(H,35,39)(H,36,40)(H,41,42). The van der Waals surface area contributed by atoms with E-state index >= 15 is 0 Å². The Balaban J connectivity index is 1.55. The smallest absolute Gasteiger partial charge is 0.326 e. The lowest BCUT2D eigenvalue weighted by molar-refractivity contribution is -0.142. The van der Waals surface area contributed by atoms with E-state index in [2.05, 4.69) is 30.9 Å². The Morgan fingerprint density at radius 3 is 2.14 bits per heavy atom. The molecule has 9 N–H and O–H groups in total. The summed E-state index contributed by atoms with van der Waals surface area (Å²) >= 11 is 0. The van der Waals surface area contributed by atoms with Gasteiger partial charge in [0.15, 0.2) is 0 Å². The molecule has 13 heteroatoms. The lowest BCUT2D eigenvalue weighted by atomic mass is 10.0. The average Bonchev–Trinajstić information content (AvgIpc) is 3.63. The molecule has 0 radical (unpaired) electrons.